The summed E-state index contributed by atoms with van der Waals surface area (Å²) < 4.78 is 1.87. The van der Waals surface area contributed by atoms with Gasteiger partial charge in [-0.3, -0.25) is 9.58 Å². The fourth-order valence-corrected chi connectivity index (χ4v) is 4.02. The monoisotopic (exact) mass is 374 g/mol. The molecule has 2 aromatic rings. The fourth-order valence-electron chi connectivity index (χ4n) is 3.27. The number of rotatable bonds is 7. The zero-order valence-corrected chi connectivity index (χ0v) is 16.6. The summed E-state index contributed by atoms with van der Waals surface area (Å²) in [5, 5.41) is 13.2. The molecule has 1 aliphatic rings. The molecular formula is C19H30N6S. The van der Waals surface area contributed by atoms with Gasteiger partial charge in [0.1, 0.15) is 0 Å². The Morgan fingerprint density at radius 3 is 2.81 bits per heavy atom. The van der Waals surface area contributed by atoms with Crippen LogP contribution >= 0.6 is 11.3 Å². The molecule has 2 N–H and O–H groups in total. The highest BCUT2D eigenvalue weighted by Crippen LogP contribution is 2.20. The molecular weight excluding hydrogens is 344 g/mol. The quantitative estimate of drug-likeness (QED) is 0.577. The number of thiophene rings is 1. The van der Waals surface area contributed by atoms with E-state index in [-0.39, 0.29) is 0 Å². The van der Waals surface area contributed by atoms with Gasteiger partial charge in [-0.25, -0.2) is 4.99 Å². The van der Waals surface area contributed by atoms with E-state index in [2.05, 4.69) is 45.1 Å². The molecule has 3 heterocycles. The van der Waals surface area contributed by atoms with Crippen molar-refractivity contribution in [1.29, 1.82) is 0 Å². The third kappa shape index (κ3) is 5.57. The van der Waals surface area contributed by atoms with Crippen LogP contribution in [0.25, 0.3) is 0 Å². The highest BCUT2D eigenvalue weighted by molar-refractivity contribution is 7.09. The molecule has 1 saturated heterocycles. The molecule has 1 fully saturated rings. The number of aliphatic imine (C=N–C) groups is 1. The van der Waals surface area contributed by atoms with Crippen molar-refractivity contribution in [1.82, 2.24) is 25.3 Å². The molecule has 26 heavy (non-hydrogen) atoms. The second kappa shape index (κ2) is 9.73. The maximum atomic E-state index is 4.69. The highest BCUT2D eigenvalue weighted by Gasteiger charge is 2.19. The molecule has 1 aliphatic heterocycles. The number of aryl methyl sites for hydroxylation is 1. The van der Waals surface area contributed by atoms with Gasteiger partial charge in [-0.2, -0.15) is 5.10 Å². The Labute approximate surface area is 160 Å². The molecule has 142 valence electrons. The van der Waals surface area contributed by atoms with Gasteiger partial charge in [-0.15, -0.1) is 11.3 Å². The lowest BCUT2D eigenvalue weighted by Gasteiger charge is -2.32. The van der Waals surface area contributed by atoms with E-state index in [1.54, 1.807) is 0 Å². The van der Waals surface area contributed by atoms with Gasteiger partial charge < -0.3 is 10.6 Å². The summed E-state index contributed by atoms with van der Waals surface area (Å²) >= 11 is 1.86. The summed E-state index contributed by atoms with van der Waals surface area (Å²) in [6.45, 7) is 8.09. The average Bonchev–Trinajstić information content (AvgIpc) is 3.30. The number of guanidine groups is 1. The second-order valence-corrected chi connectivity index (χ2v) is 7.85. The Morgan fingerprint density at radius 2 is 2.15 bits per heavy atom. The summed E-state index contributed by atoms with van der Waals surface area (Å²) in [6.07, 6.45) is 4.31. The van der Waals surface area contributed by atoms with Crippen LogP contribution in [0.15, 0.2) is 34.8 Å². The van der Waals surface area contributed by atoms with Gasteiger partial charge in [-0.1, -0.05) is 6.07 Å². The molecule has 0 aromatic carbocycles. The van der Waals surface area contributed by atoms with E-state index in [1.165, 1.54) is 30.8 Å². The van der Waals surface area contributed by atoms with Crippen LogP contribution < -0.4 is 10.6 Å². The molecule has 0 unspecified atom stereocenters. The van der Waals surface area contributed by atoms with Crippen molar-refractivity contribution in [3.05, 3.63) is 40.3 Å². The number of hydrogen-bond acceptors (Lipinski definition) is 4. The van der Waals surface area contributed by atoms with Crippen LogP contribution in [-0.2, 0) is 20.1 Å². The van der Waals surface area contributed by atoms with Crippen LogP contribution in [0.2, 0.25) is 0 Å². The lowest BCUT2D eigenvalue weighted by atomic mass is 9.97. The molecule has 3 rings (SSSR count). The van der Waals surface area contributed by atoms with Crippen molar-refractivity contribution in [3.63, 3.8) is 0 Å². The van der Waals surface area contributed by atoms with Crippen molar-refractivity contribution in [2.75, 3.05) is 26.2 Å². The van der Waals surface area contributed by atoms with Gasteiger partial charge >= 0.3 is 0 Å². The minimum absolute atomic E-state index is 0.644. The lowest BCUT2D eigenvalue weighted by molar-refractivity contribution is 0.179. The predicted octanol–water partition coefficient (Wildman–Crippen LogP) is 2.45. The molecule has 0 atom stereocenters. The van der Waals surface area contributed by atoms with E-state index in [0.717, 1.165) is 37.2 Å². The van der Waals surface area contributed by atoms with Crippen molar-refractivity contribution in [2.24, 2.45) is 18.0 Å². The number of aromatic nitrogens is 2. The molecule has 7 heteroatoms. The van der Waals surface area contributed by atoms with E-state index in [4.69, 9.17) is 4.99 Å². The normalized spacial score (nSPS) is 16.8. The van der Waals surface area contributed by atoms with Crippen LogP contribution in [-0.4, -0.2) is 46.8 Å². The molecule has 2 aromatic heterocycles. The lowest BCUT2D eigenvalue weighted by Crippen LogP contribution is -2.42. The first-order chi connectivity index (χ1) is 12.7. The first-order valence-electron chi connectivity index (χ1n) is 9.48. The topological polar surface area (TPSA) is 57.5 Å². The minimum atomic E-state index is 0.644. The SMILES string of the molecule is CCNC(=NCc1ccnn1C)NCC1CCN(Cc2cccs2)CC1. The molecule has 6 nitrogen and oxygen atoms in total. The fraction of sp³-hybridized carbons (Fsp3) is 0.579. The van der Waals surface area contributed by atoms with Crippen LogP contribution in [0.1, 0.15) is 30.3 Å². The Morgan fingerprint density at radius 1 is 1.31 bits per heavy atom. The minimum Gasteiger partial charge on any atom is -0.357 e. The number of nitrogens with one attached hydrogen (secondary N) is 2. The van der Waals surface area contributed by atoms with Gasteiger partial charge in [0.2, 0.25) is 0 Å². The Kier molecular flexibility index (Phi) is 7.08. The standard InChI is InChI=1S/C19H30N6S/c1-3-20-19(22-14-17-6-9-23-24(17)2)21-13-16-7-10-25(11-8-16)15-18-5-4-12-26-18/h4-6,9,12,16H,3,7-8,10-11,13-15H2,1-2H3,(H2,20,21,22). The number of hydrogen-bond donors (Lipinski definition) is 2. The number of piperidine rings is 1. The Balaban J connectivity index is 1.42. The van der Waals surface area contributed by atoms with Gasteiger partial charge in [0, 0.05) is 37.8 Å². The van der Waals surface area contributed by atoms with Crippen molar-refractivity contribution in [3.8, 4) is 0 Å². The molecule has 0 amide bonds. The van der Waals surface area contributed by atoms with E-state index in [9.17, 15) is 0 Å². The van der Waals surface area contributed by atoms with Crippen LogP contribution in [0.4, 0.5) is 0 Å². The first kappa shape index (κ1) is 18.9. The number of nitrogens with zero attached hydrogens (tertiary/aromatic N) is 4. The Bertz CT molecular complexity index is 670. The zero-order valence-electron chi connectivity index (χ0n) is 15.8. The van der Waals surface area contributed by atoms with Gasteiger partial charge in [0.25, 0.3) is 0 Å². The largest absolute Gasteiger partial charge is 0.357 e. The van der Waals surface area contributed by atoms with Crippen molar-refractivity contribution < 1.29 is 0 Å². The van der Waals surface area contributed by atoms with E-state index >= 15 is 0 Å². The van der Waals surface area contributed by atoms with E-state index in [0.29, 0.717) is 6.54 Å². The second-order valence-electron chi connectivity index (χ2n) is 6.82. The van der Waals surface area contributed by atoms with Crippen molar-refractivity contribution >= 4 is 17.3 Å². The molecule has 0 spiro atoms. The maximum absolute atomic E-state index is 4.69. The zero-order chi connectivity index (χ0) is 18.2. The first-order valence-corrected chi connectivity index (χ1v) is 10.4. The summed E-state index contributed by atoms with van der Waals surface area (Å²) in [5.41, 5.74) is 1.11. The number of likely N-dealkylation sites (tertiary alicyclic amines) is 1. The Hall–Kier alpha value is -1.86. The molecule has 0 bridgehead atoms. The maximum Gasteiger partial charge on any atom is 0.191 e. The van der Waals surface area contributed by atoms with E-state index in [1.807, 2.05) is 35.3 Å². The smallest absolute Gasteiger partial charge is 0.191 e. The van der Waals surface area contributed by atoms with Crippen molar-refractivity contribution in [2.45, 2.75) is 32.9 Å². The van der Waals surface area contributed by atoms with Gasteiger partial charge in [-0.05, 0) is 56.3 Å². The molecule has 0 radical (unpaired) electrons. The molecule has 0 saturated carbocycles. The third-order valence-corrected chi connectivity index (χ3v) is 5.75. The summed E-state index contributed by atoms with van der Waals surface area (Å²) in [7, 11) is 1.95. The summed E-state index contributed by atoms with van der Waals surface area (Å²) in [5.74, 6) is 1.62. The molecule has 0 aliphatic carbocycles. The van der Waals surface area contributed by atoms with Crippen LogP contribution in [0.5, 0.6) is 0 Å². The van der Waals surface area contributed by atoms with Crippen LogP contribution in [0, 0.1) is 5.92 Å². The average molecular weight is 375 g/mol. The van der Waals surface area contributed by atoms with Gasteiger partial charge in [0.15, 0.2) is 5.96 Å². The summed E-state index contributed by atoms with van der Waals surface area (Å²) in [6, 6.07) is 6.39. The predicted molar refractivity (Wildman–Crippen MR) is 108 cm³/mol. The van der Waals surface area contributed by atoms with Crippen LogP contribution in [0.3, 0.4) is 0 Å². The van der Waals surface area contributed by atoms with Gasteiger partial charge in [0.05, 0.1) is 12.2 Å². The van der Waals surface area contributed by atoms with E-state index < -0.39 is 0 Å². The highest BCUT2D eigenvalue weighted by atomic mass is 32.1. The third-order valence-electron chi connectivity index (χ3n) is 4.89. The summed E-state index contributed by atoms with van der Waals surface area (Å²) in [4.78, 5) is 8.73.